The van der Waals surface area contributed by atoms with Gasteiger partial charge in [0, 0.05) is 5.56 Å². The molecular weight excluding hydrogens is 376 g/mol. The van der Waals surface area contributed by atoms with Crippen molar-refractivity contribution >= 4 is 28.1 Å². The molecule has 0 unspecified atom stereocenters. The van der Waals surface area contributed by atoms with E-state index in [2.05, 4.69) is 31.6 Å². The number of nitrogens with one attached hydrogen (secondary N) is 2. The number of aromatic amines is 1. The van der Waals surface area contributed by atoms with Crippen molar-refractivity contribution in [1.29, 1.82) is 0 Å². The molecule has 1 aromatic heterocycles. The van der Waals surface area contributed by atoms with Crippen molar-refractivity contribution in [1.82, 2.24) is 14.9 Å². The van der Waals surface area contributed by atoms with Crippen molar-refractivity contribution in [3.05, 3.63) is 63.3 Å². The summed E-state index contributed by atoms with van der Waals surface area (Å²) in [6, 6.07) is 15.8. The lowest BCUT2D eigenvalue weighted by Gasteiger charge is -2.11. The smallest absolute Gasteiger partial charge is 0.214 e. The second kappa shape index (κ2) is 6.97. The molecule has 3 aromatic rings. The highest BCUT2D eigenvalue weighted by atomic mass is 79.9. The van der Waals surface area contributed by atoms with Gasteiger partial charge in [0.1, 0.15) is 5.75 Å². The van der Waals surface area contributed by atoms with E-state index in [1.165, 1.54) is 0 Å². The van der Waals surface area contributed by atoms with E-state index in [0.29, 0.717) is 11.3 Å². The van der Waals surface area contributed by atoms with Crippen LogP contribution in [0.4, 0.5) is 0 Å². The van der Waals surface area contributed by atoms with Crippen molar-refractivity contribution in [2.45, 2.75) is 6.54 Å². The molecule has 2 aromatic carbocycles. The summed E-state index contributed by atoms with van der Waals surface area (Å²) in [5.41, 5.74) is 5.38. The molecule has 0 spiro atoms. The number of rotatable bonds is 5. The molecule has 7 heteroatoms. The number of aromatic nitrogens is 3. The van der Waals surface area contributed by atoms with Crippen LogP contribution in [0.3, 0.4) is 0 Å². The number of benzene rings is 2. The molecular formula is C16H15BrN4OS. The summed E-state index contributed by atoms with van der Waals surface area (Å²) in [7, 11) is 1.65. The lowest BCUT2D eigenvalue weighted by atomic mass is 10.2. The largest absolute Gasteiger partial charge is 0.496 e. The van der Waals surface area contributed by atoms with Crippen molar-refractivity contribution in [2.24, 2.45) is 0 Å². The molecule has 0 aliphatic rings. The number of ether oxygens (including phenoxy) is 1. The number of nitrogens with zero attached hydrogens (tertiary/aromatic N) is 2. The van der Waals surface area contributed by atoms with Crippen LogP contribution in [-0.4, -0.2) is 22.0 Å². The van der Waals surface area contributed by atoms with Crippen LogP contribution < -0.4 is 10.2 Å². The van der Waals surface area contributed by atoms with E-state index in [4.69, 9.17) is 17.0 Å². The predicted molar refractivity (Wildman–Crippen MR) is 96.6 cm³/mol. The van der Waals surface area contributed by atoms with Gasteiger partial charge in [-0.2, -0.15) is 5.10 Å². The molecule has 0 atom stereocenters. The molecule has 5 nitrogen and oxygen atoms in total. The highest BCUT2D eigenvalue weighted by molar-refractivity contribution is 9.10. The maximum absolute atomic E-state index is 5.31. The fourth-order valence-electron chi connectivity index (χ4n) is 2.21. The van der Waals surface area contributed by atoms with Gasteiger partial charge in [0.2, 0.25) is 4.77 Å². The molecule has 0 saturated carbocycles. The van der Waals surface area contributed by atoms with E-state index in [1.807, 2.05) is 48.5 Å². The molecule has 3 rings (SSSR count). The van der Waals surface area contributed by atoms with E-state index in [1.54, 1.807) is 11.8 Å². The van der Waals surface area contributed by atoms with Gasteiger partial charge in [0.05, 0.1) is 18.1 Å². The summed E-state index contributed by atoms with van der Waals surface area (Å²) in [5.74, 6) is 1.56. The standard InChI is InChI=1S/C16H15BrN4OS/c1-22-14-8-7-11(9-13(14)17)10-18-21-15(19-20-16(21)23)12-5-3-2-4-6-12/h2-9,18H,10H2,1H3,(H,20,23). The third-order valence-corrected chi connectivity index (χ3v) is 4.26. The maximum atomic E-state index is 5.31. The first kappa shape index (κ1) is 15.8. The molecule has 23 heavy (non-hydrogen) atoms. The highest BCUT2D eigenvalue weighted by Gasteiger charge is 2.08. The first-order valence-electron chi connectivity index (χ1n) is 6.98. The summed E-state index contributed by atoms with van der Waals surface area (Å²) in [4.78, 5) is 0. The molecule has 0 saturated heterocycles. The van der Waals surface area contributed by atoms with Crippen LogP contribution in [-0.2, 0) is 6.54 Å². The third-order valence-electron chi connectivity index (χ3n) is 3.36. The summed E-state index contributed by atoms with van der Waals surface area (Å²) in [6.45, 7) is 0.607. The fraction of sp³-hybridized carbons (Fsp3) is 0.125. The minimum absolute atomic E-state index is 0.524. The van der Waals surface area contributed by atoms with Gasteiger partial charge >= 0.3 is 0 Å². The second-order valence-electron chi connectivity index (χ2n) is 4.86. The molecule has 0 aliphatic carbocycles. The Bertz CT molecular complexity index is 860. The Morgan fingerprint density at radius 2 is 2.04 bits per heavy atom. The van der Waals surface area contributed by atoms with Gasteiger partial charge in [-0.1, -0.05) is 36.4 Å². The first-order chi connectivity index (χ1) is 11.2. The molecule has 0 amide bonds. The topological polar surface area (TPSA) is 54.9 Å². The van der Waals surface area contributed by atoms with Crippen LogP contribution in [0.5, 0.6) is 5.75 Å². The minimum atomic E-state index is 0.524. The molecule has 0 radical (unpaired) electrons. The first-order valence-corrected chi connectivity index (χ1v) is 8.18. The Morgan fingerprint density at radius 3 is 2.74 bits per heavy atom. The van der Waals surface area contributed by atoms with Crippen LogP contribution in [0.25, 0.3) is 11.4 Å². The van der Waals surface area contributed by atoms with Crippen LogP contribution in [0, 0.1) is 4.77 Å². The Balaban J connectivity index is 1.83. The van der Waals surface area contributed by atoms with E-state index in [0.717, 1.165) is 27.2 Å². The fourth-order valence-corrected chi connectivity index (χ4v) is 3.00. The van der Waals surface area contributed by atoms with Crippen molar-refractivity contribution in [3.8, 4) is 17.1 Å². The van der Waals surface area contributed by atoms with Gasteiger partial charge in [-0.25, -0.2) is 9.77 Å². The van der Waals surface area contributed by atoms with Gasteiger partial charge in [-0.05, 0) is 45.8 Å². The average molecular weight is 391 g/mol. The zero-order valence-corrected chi connectivity index (χ0v) is 14.8. The minimum Gasteiger partial charge on any atom is -0.496 e. The van der Waals surface area contributed by atoms with Gasteiger partial charge in [0.15, 0.2) is 5.82 Å². The van der Waals surface area contributed by atoms with E-state index >= 15 is 0 Å². The van der Waals surface area contributed by atoms with Crippen molar-refractivity contribution in [2.75, 3.05) is 12.5 Å². The summed E-state index contributed by atoms with van der Waals surface area (Å²) < 4.78 is 8.46. The van der Waals surface area contributed by atoms with Gasteiger partial charge in [0.25, 0.3) is 0 Å². The highest BCUT2D eigenvalue weighted by Crippen LogP contribution is 2.25. The number of halogens is 1. The summed E-state index contributed by atoms with van der Waals surface area (Å²) in [5, 5.41) is 7.12. The van der Waals surface area contributed by atoms with Gasteiger partial charge in [-0.15, -0.1) is 0 Å². The SMILES string of the molecule is COc1ccc(CNn2c(-c3ccccc3)n[nH]c2=S)cc1Br. The summed E-state index contributed by atoms with van der Waals surface area (Å²) >= 11 is 8.80. The third kappa shape index (κ3) is 3.46. The van der Waals surface area contributed by atoms with Crippen LogP contribution in [0.2, 0.25) is 0 Å². The molecule has 0 aliphatic heterocycles. The zero-order valence-electron chi connectivity index (χ0n) is 12.4. The van der Waals surface area contributed by atoms with Crippen molar-refractivity contribution in [3.63, 3.8) is 0 Å². The molecule has 0 bridgehead atoms. The van der Waals surface area contributed by atoms with Crippen LogP contribution >= 0.6 is 28.1 Å². The summed E-state index contributed by atoms with van der Waals surface area (Å²) in [6.07, 6.45) is 0. The Kier molecular flexibility index (Phi) is 4.78. The van der Waals surface area contributed by atoms with E-state index in [9.17, 15) is 0 Å². The molecule has 118 valence electrons. The number of methoxy groups -OCH3 is 1. The lowest BCUT2D eigenvalue weighted by Crippen LogP contribution is -2.15. The maximum Gasteiger partial charge on any atom is 0.214 e. The Hall–Kier alpha value is -2.12. The average Bonchev–Trinajstić information content (AvgIpc) is 2.94. The number of H-pyrrole nitrogens is 1. The predicted octanol–water partition coefficient (Wildman–Crippen LogP) is 4.12. The quantitative estimate of drug-likeness (QED) is 0.643. The van der Waals surface area contributed by atoms with Crippen LogP contribution in [0.15, 0.2) is 53.0 Å². The molecule has 2 N–H and O–H groups in total. The normalized spacial score (nSPS) is 10.5. The van der Waals surface area contributed by atoms with E-state index < -0.39 is 0 Å². The lowest BCUT2D eigenvalue weighted by molar-refractivity contribution is 0.412. The monoisotopic (exact) mass is 390 g/mol. The Labute approximate surface area is 147 Å². The van der Waals surface area contributed by atoms with E-state index in [-0.39, 0.29) is 0 Å². The Morgan fingerprint density at radius 1 is 1.26 bits per heavy atom. The van der Waals surface area contributed by atoms with Gasteiger partial charge in [-0.3, -0.25) is 0 Å². The number of hydrogen-bond donors (Lipinski definition) is 2. The molecule has 0 fully saturated rings. The van der Waals surface area contributed by atoms with Gasteiger partial charge < -0.3 is 10.2 Å². The van der Waals surface area contributed by atoms with Crippen LogP contribution in [0.1, 0.15) is 5.56 Å². The zero-order chi connectivity index (χ0) is 16.2. The second-order valence-corrected chi connectivity index (χ2v) is 6.10. The molecule has 1 heterocycles. The number of hydrogen-bond acceptors (Lipinski definition) is 4. The van der Waals surface area contributed by atoms with Crippen molar-refractivity contribution < 1.29 is 4.74 Å².